The average molecular weight is 419 g/mol. The molecule has 0 aliphatic heterocycles. The summed E-state index contributed by atoms with van der Waals surface area (Å²) in [5.41, 5.74) is 1.60. The Morgan fingerprint density at radius 2 is 1.93 bits per heavy atom. The first-order valence-corrected chi connectivity index (χ1v) is 10.3. The van der Waals surface area contributed by atoms with Crippen LogP contribution in [0.1, 0.15) is 22.2 Å². The second kappa shape index (κ2) is 7.10. The summed E-state index contributed by atoms with van der Waals surface area (Å²) in [6, 6.07) is 7.14. The standard InChI is InChI=1S/C18H15ClN4O2S2/c1-9-10(2)27-16-15(9)17(24)23(13-6-4-12(19)5-7-13)18(20-16)26-8-14-22-21-11(3)25-14/h4-7H,8H2,1-3H3. The van der Waals surface area contributed by atoms with Crippen molar-refractivity contribution in [3.63, 3.8) is 0 Å². The average Bonchev–Trinajstić information content (AvgIpc) is 3.17. The molecule has 3 aromatic heterocycles. The molecule has 0 bridgehead atoms. The molecule has 0 fully saturated rings. The first-order chi connectivity index (χ1) is 12.9. The summed E-state index contributed by atoms with van der Waals surface area (Å²) < 4.78 is 7.05. The second-order valence-corrected chi connectivity index (χ2v) is 8.56. The number of halogens is 1. The van der Waals surface area contributed by atoms with Gasteiger partial charge in [0.25, 0.3) is 5.56 Å². The molecule has 0 atom stereocenters. The van der Waals surface area contributed by atoms with E-state index in [4.69, 9.17) is 21.0 Å². The van der Waals surface area contributed by atoms with Gasteiger partial charge < -0.3 is 4.42 Å². The SMILES string of the molecule is Cc1nnc(CSc2nc3sc(C)c(C)c3c(=O)n2-c2ccc(Cl)cc2)o1. The van der Waals surface area contributed by atoms with E-state index < -0.39 is 0 Å². The number of aromatic nitrogens is 4. The van der Waals surface area contributed by atoms with E-state index in [1.807, 2.05) is 26.0 Å². The van der Waals surface area contributed by atoms with Crippen LogP contribution in [-0.4, -0.2) is 19.7 Å². The van der Waals surface area contributed by atoms with Crippen LogP contribution >= 0.6 is 34.7 Å². The van der Waals surface area contributed by atoms with Gasteiger partial charge in [0.2, 0.25) is 11.8 Å². The highest BCUT2D eigenvalue weighted by Crippen LogP contribution is 2.30. The Balaban J connectivity index is 1.88. The fourth-order valence-corrected chi connectivity index (χ4v) is 4.76. The number of benzene rings is 1. The van der Waals surface area contributed by atoms with E-state index in [1.54, 1.807) is 23.6 Å². The normalized spacial score (nSPS) is 11.4. The molecular formula is C18H15ClN4O2S2. The number of nitrogens with zero attached hydrogens (tertiary/aromatic N) is 4. The zero-order valence-electron chi connectivity index (χ0n) is 14.8. The topological polar surface area (TPSA) is 73.8 Å². The summed E-state index contributed by atoms with van der Waals surface area (Å²) in [4.78, 5) is 19.9. The van der Waals surface area contributed by atoms with Gasteiger partial charge in [-0.3, -0.25) is 9.36 Å². The molecule has 1 aromatic carbocycles. The molecule has 0 N–H and O–H groups in total. The highest BCUT2D eigenvalue weighted by atomic mass is 35.5. The van der Waals surface area contributed by atoms with Crippen molar-refractivity contribution in [1.82, 2.24) is 19.7 Å². The molecule has 4 aromatic rings. The van der Waals surface area contributed by atoms with Gasteiger partial charge in [-0.25, -0.2) is 4.98 Å². The third-order valence-electron chi connectivity index (χ3n) is 4.15. The first-order valence-electron chi connectivity index (χ1n) is 8.14. The minimum Gasteiger partial charge on any atom is -0.425 e. The van der Waals surface area contributed by atoms with E-state index >= 15 is 0 Å². The van der Waals surface area contributed by atoms with Crippen molar-refractivity contribution in [3.8, 4) is 5.69 Å². The van der Waals surface area contributed by atoms with Crippen LogP contribution in [0.2, 0.25) is 5.02 Å². The van der Waals surface area contributed by atoms with E-state index in [1.165, 1.54) is 23.1 Å². The minimum absolute atomic E-state index is 0.0895. The van der Waals surface area contributed by atoms with Crippen LogP contribution in [-0.2, 0) is 5.75 Å². The Morgan fingerprint density at radius 1 is 1.19 bits per heavy atom. The van der Waals surface area contributed by atoms with Crippen molar-refractivity contribution >= 4 is 44.9 Å². The molecule has 0 unspecified atom stereocenters. The van der Waals surface area contributed by atoms with E-state index in [0.29, 0.717) is 38.8 Å². The van der Waals surface area contributed by atoms with Gasteiger partial charge in [0, 0.05) is 16.8 Å². The van der Waals surface area contributed by atoms with E-state index in [-0.39, 0.29) is 5.56 Å². The van der Waals surface area contributed by atoms with Crippen molar-refractivity contribution < 1.29 is 4.42 Å². The first kappa shape index (κ1) is 18.2. The van der Waals surface area contributed by atoms with Crippen LogP contribution in [0.3, 0.4) is 0 Å². The van der Waals surface area contributed by atoms with Crippen LogP contribution in [0.25, 0.3) is 15.9 Å². The fraction of sp³-hybridized carbons (Fsp3) is 0.222. The zero-order valence-corrected chi connectivity index (χ0v) is 17.2. The molecule has 0 spiro atoms. The molecule has 138 valence electrons. The van der Waals surface area contributed by atoms with Crippen molar-refractivity contribution in [1.29, 1.82) is 0 Å². The van der Waals surface area contributed by atoms with Crippen LogP contribution in [0.4, 0.5) is 0 Å². The predicted octanol–water partition coefficient (Wildman–Crippen LogP) is 4.70. The lowest BCUT2D eigenvalue weighted by atomic mass is 10.2. The molecule has 27 heavy (non-hydrogen) atoms. The molecule has 0 saturated heterocycles. The summed E-state index contributed by atoms with van der Waals surface area (Å²) in [6.07, 6.45) is 0. The molecule has 0 radical (unpaired) electrons. The highest BCUT2D eigenvalue weighted by molar-refractivity contribution is 7.98. The maximum absolute atomic E-state index is 13.3. The molecule has 4 rings (SSSR count). The Hall–Kier alpha value is -2.16. The lowest BCUT2D eigenvalue weighted by Crippen LogP contribution is -2.21. The Labute approximate surface area is 168 Å². The molecule has 3 heterocycles. The predicted molar refractivity (Wildman–Crippen MR) is 108 cm³/mol. The monoisotopic (exact) mass is 418 g/mol. The Kier molecular flexibility index (Phi) is 4.79. The summed E-state index contributed by atoms with van der Waals surface area (Å²) in [5.74, 6) is 1.43. The molecule has 0 amide bonds. The molecule has 9 heteroatoms. The number of thiophene rings is 1. The van der Waals surface area contributed by atoms with Crippen molar-refractivity contribution in [2.24, 2.45) is 0 Å². The number of hydrogen-bond donors (Lipinski definition) is 0. The lowest BCUT2D eigenvalue weighted by molar-refractivity contribution is 0.485. The van der Waals surface area contributed by atoms with Crippen molar-refractivity contribution in [2.75, 3.05) is 0 Å². The smallest absolute Gasteiger partial charge is 0.267 e. The van der Waals surface area contributed by atoms with E-state index in [0.717, 1.165) is 15.3 Å². The van der Waals surface area contributed by atoms with Crippen molar-refractivity contribution in [2.45, 2.75) is 31.7 Å². The van der Waals surface area contributed by atoms with Gasteiger partial charge in [-0.2, -0.15) is 0 Å². The van der Waals surface area contributed by atoms with Crippen LogP contribution in [0.5, 0.6) is 0 Å². The fourth-order valence-electron chi connectivity index (χ4n) is 2.71. The van der Waals surface area contributed by atoms with Gasteiger partial charge in [0.1, 0.15) is 4.83 Å². The number of thioether (sulfide) groups is 1. The maximum Gasteiger partial charge on any atom is 0.267 e. The van der Waals surface area contributed by atoms with Crippen LogP contribution in [0.15, 0.2) is 38.6 Å². The highest BCUT2D eigenvalue weighted by Gasteiger charge is 2.18. The molecule has 0 aliphatic rings. The summed E-state index contributed by atoms with van der Waals surface area (Å²) in [5, 5.41) is 9.69. The van der Waals surface area contributed by atoms with Gasteiger partial charge in [-0.15, -0.1) is 21.5 Å². The number of rotatable bonds is 4. The number of hydrogen-bond acceptors (Lipinski definition) is 7. The van der Waals surface area contributed by atoms with Crippen LogP contribution in [0, 0.1) is 20.8 Å². The quantitative estimate of drug-likeness (QED) is 0.353. The van der Waals surface area contributed by atoms with Gasteiger partial charge in [-0.05, 0) is 43.7 Å². The summed E-state index contributed by atoms with van der Waals surface area (Å²) in [6.45, 7) is 5.70. The Bertz CT molecular complexity index is 1190. The third-order valence-corrected chi connectivity index (χ3v) is 6.43. The zero-order chi connectivity index (χ0) is 19.1. The van der Waals surface area contributed by atoms with Gasteiger partial charge in [0.15, 0.2) is 5.16 Å². The van der Waals surface area contributed by atoms with E-state index in [2.05, 4.69) is 10.2 Å². The summed E-state index contributed by atoms with van der Waals surface area (Å²) >= 11 is 8.93. The number of fused-ring (bicyclic) bond motifs is 1. The maximum atomic E-state index is 13.3. The van der Waals surface area contributed by atoms with Gasteiger partial charge in [0.05, 0.1) is 16.8 Å². The van der Waals surface area contributed by atoms with Crippen LogP contribution < -0.4 is 5.56 Å². The lowest BCUT2D eigenvalue weighted by Gasteiger charge is -2.11. The Morgan fingerprint density at radius 3 is 2.59 bits per heavy atom. The third kappa shape index (κ3) is 3.40. The molecule has 6 nitrogen and oxygen atoms in total. The molecule has 0 aliphatic carbocycles. The summed E-state index contributed by atoms with van der Waals surface area (Å²) in [7, 11) is 0. The molecular weight excluding hydrogens is 404 g/mol. The van der Waals surface area contributed by atoms with Gasteiger partial charge >= 0.3 is 0 Å². The molecule has 0 saturated carbocycles. The van der Waals surface area contributed by atoms with Gasteiger partial charge in [-0.1, -0.05) is 23.4 Å². The second-order valence-electron chi connectivity index (χ2n) is 5.98. The largest absolute Gasteiger partial charge is 0.425 e. The van der Waals surface area contributed by atoms with Crippen molar-refractivity contribution in [3.05, 3.63) is 61.9 Å². The van der Waals surface area contributed by atoms with E-state index in [9.17, 15) is 4.79 Å². The minimum atomic E-state index is -0.0895. The number of aryl methyl sites for hydroxylation is 3.